The summed E-state index contributed by atoms with van der Waals surface area (Å²) < 4.78 is 14.7. The Balaban J connectivity index is 1.33. The Labute approximate surface area is 254 Å². The van der Waals surface area contributed by atoms with Crippen LogP contribution >= 0.6 is 0 Å². The maximum Gasteiger partial charge on any atom is 0.224 e. The summed E-state index contributed by atoms with van der Waals surface area (Å²) in [6, 6.07) is 14.5. The van der Waals surface area contributed by atoms with Crippen LogP contribution in [0.3, 0.4) is 0 Å². The number of anilines is 2. The van der Waals surface area contributed by atoms with Crippen molar-refractivity contribution in [2.45, 2.75) is 20.3 Å². The van der Waals surface area contributed by atoms with E-state index in [4.69, 9.17) is 4.98 Å². The number of carbonyl (C=O) groups excluding carboxylic acids is 1. The lowest BCUT2D eigenvalue weighted by molar-refractivity contribution is -0.116. The van der Waals surface area contributed by atoms with Gasteiger partial charge in [-0.05, 0) is 79.7 Å². The number of nitrogens with one attached hydrogen (secondary N) is 4. The van der Waals surface area contributed by atoms with Crippen molar-refractivity contribution < 1.29 is 9.18 Å². The first-order valence-electron chi connectivity index (χ1n) is 14.5. The Hall–Kier alpha value is -5.16. The van der Waals surface area contributed by atoms with E-state index in [-0.39, 0.29) is 17.6 Å². The van der Waals surface area contributed by atoms with Crippen molar-refractivity contribution in [2.75, 3.05) is 37.8 Å². The highest BCUT2D eigenvalue weighted by atomic mass is 19.1. The summed E-state index contributed by atoms with van der Waals surface area (Å²) in [7, 11) is 4.00. The predicted octanol–water partition coefficient (Wildman–Crippen LogP) is 6.33. The van der Waals surface area contributed by atoms with E-state index in [1.54, 1.807) is 18.6 Å². The quantitative estimate of drug-likeness (QED) is 0.147. The third kappa shape index (κ3) is 6.28. The summed E-state index contributed by atoms with van der Waals surface area (Å²) >= 11 is 0. The maximum atomic E-state index is 14.7. The van der Waals surface area contributed by atoms with Gasteiger partial charge in [-0.15, -0.1) is 0 Å². The van der Waals surface area contributed by atoms with Gasteiger partial charge in [0, 0.05) is 48.5 Å². The number of carbonyl (C=O) groups is 1. The SMILES string of the molecule is CC(C)CC(=O)Nc1cncc(-c2ccc3[nH]nc(-c4cc5c(-c6cc(F)cc(NCCN(C)C)c6)ccnc5[nH]4)c3n2)c1. The van der Waals surface area contributed by atoms with Gasteiger partial charge in [0.1, 0.15) is 22.7 Å². The fourth-order valence-corrected chi connectivity index (χ4v) is 5.16. The monoisotopic (exact) mass is 591 g/mol. The smallest absolute Gasteiger partial charge is 0.224 e. The molecule has 0 aliphatic heterocycles. The first-order chi connectivity index (χ1) is 21.2. The number of benzene rings is 1. The second-order valence-corrected chi connectivity index (χ2v) is 11.5. The standard InChI is InChI=1S/C33H34FN9O/c1-19(2)11-30(44)38-24-14-21(17-35-18-24)27-5-6-28-31(39-27)32(42-41-28)29-16-26-25(7-8-37-33(26)40-29)20-12-22(34)15-23(13-20)36-9-10-43(3)4/h5-8,12-19,36H,9-11H2,1-4H3,(H,37,40)(H,38,44)(H,41,42). The van der Waals surface area contributed by atoms with Crippen molar-refractivity contribution in [1.29, 1.82) is 0 Å². The van der Waals surface area contributed by atoms with Crippen LogP contribution in [0.15, 0.2) is 67.1 Å². The highest BCUT2D eigenvalue weighted by Gasteiger charge is 2.17. The Morgan fingerprint density at radius 1 is 1.02 bits per heavy atom. The molecule has 1 aromatic carbocycles. The second-order valence-electron chi connectivity index (χ2n) is 11.5. The molecule has 5 aromatic heterocycles. The van der Waals surface area contributed by atoms with E-state index < -0.39 is 0 Å². The van der Waals surface area contributed by atoms with E-state index in [1.807, 2.05) is 64.3 Å². The summed E-state index contributed by atoms with van der Waals surface area (Å²) in [5, 5.41) is 14.7. The average Bonchev–Trinajstić information content (AvgIpc) is 3.60. The van der Waals surface area contributed by atoms with Crippen LogP contribution in [0.4, 0.5) is 15.8 Å². The highest BCUT2D eigenvalue weighted by molar-refractivity contribution is 5.99. The van der Waals surface area contributed by atoms with Crippen molar-refractivity contribution in [2.24, 2.45) is 5.92 Å². The van der Waals surface area contributed by atoms with Crippen LogP contribution in [-0.4, -0.2) is 68.1 Å². The summed E-state index contributed by atoms with van der Waals surface area (Å²) in [6.45, 7) is 5.54. The highest BCUT2D eigenvalue weighted by Crippen LogP contribution is 2.34. The number of H-pyrrole nitrogens is 2. The first kappa shape index (κ1) is 28.9. The minimum Gasteiger partial charge on any atom is -0.384 e. The zero-order valence-corrected chi connectivity index (χ0v) is 25.1. The van der Waals surface area contributed by atoms with E-state index in [1.165, 1.54) is 12.1 Å². The lowest BCUT2D eigenvalue weighted by Gasteiger charge is -2.13. The van der Waals surface area contributed by atoms with Crippen LogP contribution in [0.5, 0.6) is 0 Å². The van der Waals surface area contributed by atoms with Gasteiger partial charge < -0.3 is 20.5 Å². The van der Waals surface area contributed by atoms with Gasteiger partial charge in [0.15, 0.2) is 0 Å². The number of rotatable bonds is 10. The van der Waals surface area contributed by atoms with E-state index in [9.17, 15) is 9.18 Å². The summed E-state index contributed by atoms with van der Waals surface area (Å²) in [5.74, 6) is -0.114. The zero-order valence-electron chi connectivity index (χ0n) is 25.1. The molecule has 5 heterocycles. The molecular weight excluding hydrogens is 557 g/mol. The molecule has 4 N–H and O–H groups in total. The Morgan fingerprint density at radius 3 is 2.68 bits per heavy atom. The molecule has 0 bridgehead atoms. The molecule has 0 saturated heterocycles. The van der Waals surface area contributed by atoms with Crippen LogP contribution in [0.2, 0.25) is 0 Å². The molecular formula is C33H34FN9O. The molecule has 6 rings (SSSR count). The lowest BCUT2D eigenvalue weighted by Crippen LogP contribution is -2.20. The topological polar surface area (TPSA) is 128 Å². The van der Waals surface area contributed by atoms with Gasteiger partial charge in [0.05, 0.1) is 28.8 Å². The number of nitrogens with zero attached hydrogens (tertiary/aromatic N) is 5. The summed E-state index contributed by atoms with van der Waals surface area (Å²) in [4.78, 5) is 31.5. The Kier molecular flexibility index (Phi) is 8.03. The minimum absolute atomic E-state index is 0.0543. The molecule has 6 aromatic rings. The summed E-state index contributed by atoms with van der Waals surface area (Å²) in [5.41, 5.74) is 7.84. The number of hydrogen-bond donors (Lipinski definition) is 4. The van der Waals surface area contributed by atoms with Gasteiger partial charge in [0.25, 0.3) is 0 Å². The van der Waals surface area contributed by atoms with E-state index in [0.29, 0.717) is 41.2 Å². The number of fused-ring (bicyclic) bond motifs is 2. The van der Waals surface area contributed by atoms with Crippen LogP contribution in [-0.2, 0) is 4.79 Å². The lowest BCUT2D eigenvalue weighted by atomic mass is 10.0. The minimum atomic E-state index is -0.316. The van der Waals surface area contributed by atoms with Crippen molar-refractivity contribution in [1.82, 2.24) is 35.0 Å². The third-order valence-electron chi connectivity index (χ3n) is 7.20. The molecule has 224 valence electrons. The Morgan fingerprint density at radius 2 is 1.86 bits per heavy atom. The van der Waals surface area contributed by atoms with Gasteiger partial charge in [0.2, 0.25) is 5.91 Å². The maximum absolute atomic E-state index is 14.7. The van der Waals surface area contributed by atoms with Crippen LogP contribution in [0.1, 0.15) is 20.3 Å². The van der Waals surface area contributed by atoms with Gasteiger partial charge >= 0.3 is 0 Å². The van der Waals surface area contributed by atoms with Crippen LogP contribution < -0.4 is 10.6 Å². The molecule has 1 amide bonds. The molecule has 0 fully saturated rings. The number of amides is 1. The fraction of sp³-hybridized carbons (Fsp3) is 0.242. The van der Waals surface area contributed by atoms with Crippen molar-refractivity contribution in [3.8, 4) is 33.8 Å². The number of aromatic amines is 2. The fourth-order valence-electron chi connectivity index (χ4n) is 5.16. The van der Waals surface area contributed by atoms with Crippen molar-refractivity contribution in [3.05, 3.63) is 72.9 Å². The van der Waals surface area contributed by atoms with Crippen molar-refractivity contribution in [3.63, 3.8) is 0 Å². The summed E-state index contributed by atoms with van der Waals surface area (Å²) in [6.07, 6.45) is 5.48. The Bertz CT molecular complexity index is 1960. The van der Waals surface area contributed by atoms with Crippen LogP contribution in [0, 0.1) is 11.7 Å². The second kappa shape index (κ2) is 12.2. The van der Waals surface area contributed by atoms with E-state index >= 15 is 0 Å². The van der Waals surface area contributed by atoms with Gasteiger partial charge in [-0.1, -0.05) is 13.8 Å². The normalized spacial score (nSPS) is 11.6. The molecule has 0 saturated carbocycles. The third-order valence-corrected chi connectivity index (χ3v) is 7.20. The van der Waals surface area contributed by atoms with Gasteiger partial charge in [-0.25, -0.2) is 14.4 Å². The van der Waals surface area contributed by atoms with Crippen LogP contribution in [0.25, 0.3) is 55.8 Å². The van der Waals surface area contributed by atoms with E-state index in [2.05, 4.69) is 40.7 Å². The molecule has 0 unspecified atom stereocenters. The largest absolute Gasteiger partial charge is 0.384 e. The van der Waals surface area contributed by atoms with Gasteiger partial charge in [-0.2, -0.15) is 5.10 Å². The molecule has 10 nitrogen and oxygen atoms in total. The average molecular weight is 592 g/mol. The molecule has 0 radical (unpaired) electrons. The number of pyridine rings is 3. The molecule has 44 heavy (non-hydrogen) atoms. The molecule has 0 aliphatic rings. The molecule has 0 spiro atoms. The predicted molar refractivity (Wildman–Crippen MR) is 173 cm³/mol. The number of hydrogen-bond acceptors (Lipinski definition) is 7. The zero-order chi connectivity index (χ0) is 30.8. The molecule has 0 aliphatic carbocycles. The first-order valence-corrected chi connectivity index (χ1v) is 14.5. The number of likely N-dealkylation sites (N-methyl/N-ethyl adjacent to an activating group) is 1. The van der Waals surface area contributed by atoms with Crippen molar-refractivity contribution >= 4 is 39.3 Å². The molecule has 0 atom stereocenters. The van der Waals surface area contributed by atoms with Gasteiger partial charge in [-0.3, -0.25) is 14.9 Å². The number of halogens is 1. The van der Waals surface area contributed by atoms with E-state index in [0.717, 1.165) is 45.5 Å². The number of aromatic nitrogens is 6. The molecule has 11 heteroatoms.